The minimum absolute atomic E-state index is 0. The van der Waals surface area contributed by atoms with Crippen molar-refractivity contribution < 1.29 is 9.90 Å². The van der Waals surface area contributed by atoms with E-state index >= 15 is 0 Å². The fraction of sp³-hybridized carbons (Fsp3) is 0.182. The van der Waals surface area contributed by atoms with Gasteiger partial charge in [-0.2, -0.15) is 0 Å². The molecule has 0 bridgehead atoms. The largest absolute Gasteiger partial charge is 0.480 e. The van der Waals surface area contributed by atoms with Crippen LogP contribution in [0.15, 0.2) is 26.2 Å². The first kappa shape index (κ1) is 16.4. The first-order valence-electron chi connectivity index (χ1n) is 5.31. The number of hydrogen-bond donors (Lipinski definition) is 4. The zero-order valence-electron chi connectivity index (χ0n) is 9.97. The molecule has 0 spiro atoms. The highest BCUT2D eigenvalue weighted by atomic mass is 79.9. The highest BCUT2D eigenvalue weighted by Crippen LogP contribution is 2.21. The predicted octanol–water partition coefficient (Wildman–Crippen LogP) is 0.355. The van der Waals surface area contributed by atoms with E-state index in [1.54, 1.807) is 12.1 Å². The Hall–Kier alpha value is -1.64. The van der Waals surface area contributed by atoms with E-state index in [4.69, 9.17) is 10.8 Å². The molecule has 1 aromatic heterocycles. The van der Waals surface area contributed by atoms with Gasteiger partial charge in [0, 0.05) is 10.9 Å². The molecule has 9 heteroatoms. The molecule has 0 radical (unpaired) electrons. The Morgan fingerprint density at radius 3 is 2.50 bits per heavy atom. The average Bonchev–Trinajstić information content (AvgIpc) is 2.31. The van der Waals surface area contributed by atoms with E-state index < -0.39 is 23.1 Å². The number of carboxylic acid groups (broad SMARTS) is 1. The number of aliphatic carboxylic acids is 1. The van der Waals surface area contributed by atoms with Crippen molar-refractivity contribution in [2.45, 2.75) is 12.5 Å². The van der Waals surface area contributed by atoms with Gasteiger partial charge in [-0.15, -0.1) is 12.4 Å². The summed E-state index contributed by atoms with van der Waals surface area (Å²) < 4.78 is 0.648. The topological polar surface area (TPSA) is 129 Å². The van der Waals surface area contributed by atoms with Gasteiger partial charge in [-0.05, 0) is 17.7 Å². The molecule has 1 atom stereocenters. The minimum atomic E-state index is -1.14. The van der Waals surface area contributed by atoms with Gasteiger partial charge >= 0.3 is 17.1 Å². The molecule has 0 aliphatic rings. The lowest BCUT2D eigenvalue weighted by atomic mass is 10.0. The van der Waals surface area contributed by atoms with E-state index in [1.807, 2.05) is 0 Å². The van der Waals surface area contributed by atoms with Gasteiger partial charge in [0.05, 0.1) is 11.0 Å². The molecule has 2 rings (SSSR count). The van der Waals surface area contributed by atoms with E-state index in [0.29, 0.717) is 21.1 Å². The molecule has 1 heterocycles. The molecule has 0 aliphatic heterocycles. The molecule has 1 unspecified atom stereocenters. The monoisotopic (exact) mass is 363 g/mol. The van der Waals surface area contributed by atoms with E-state index in [0.717, 1.165) is 0 Å². The van der Waals surface area contributed by atoms with Gasteiger partial charge in [-0.25, -0.2) is 0 Å². The molecule has 0 aliphatic carbocycles. The van der Waals surface area contributed by atoms with Gasteiger partial charge in [0.15, 0.2) is 0 Å². The summed E-state index contributed by atoms with van der Waals surface area (Å²) in [5, 5.41) is 8.82. The maximum Gasteiger partial charge on any atom is 0.320 e. The molecule has 0 saturated heterocycles. The third-order valence-corrected chi connectivity index (χ3v) is 3.09. The van der Waals surface area contributed by atoms with Gasteiger partial charge in [0.25, 0.3) is 0 Å². The van der Waals surface area contributed by atoms with Crippen LogP contribution in [0.1, 0.15) is 5.56 Å². The number of H-pyrrole nitrogens is 2. The Labute approximate surface area is 126 Å². The number of rotatable bonds is 3. The van der Waals surface area contributed by atoms with Gasteiger partial charge in [-0.1, -0.05) is 15.9 Å². The van der Waals surface area contributed by atoms with Crippen molar-refractivity contribution in [2.24, 2.45) is 5.73 Å². The molecule has 1 aromatic carbocycles. The number of benzene rings is 1. The van der Waals surface area contributed by atoms with Crippen LogP contribution in [-0.2, 0) is 11.2 Å². The molecule has 2 aromatic rings. The van der Waals surface area contributed by atoms with Crippen LogP contribution in [0, 0.1) is 0 Å². The molecule has 0 amide bonds. The van der Waals surface area contributed by atoms with Gasteiger partial charge in [0.1, 0.15) is 6.04 Å². The quantitative estimate of drug-likeness (QED) is 0.584. The van der Waals surface area contributed by atoms with Crippen LogP contribution in [0.5, 0.6) is 0 Å². The fourth-order valence-electron chi connectivity index (χ4n) is 1.74. The summed E-state index contributed by atoms with van der Waals surface area (Å²) in [7, 11) is 0. The molecule has 0 fully saturated rings. The zero-order chi connectivity index (χ0) is 14.2. The summed E-state index contributed by atoms with van der Waals surface area (Å²) >= 11 is 3.25. The number of carbonyl (C=O) groups is 1. The number of carboxylic acids is 1. The van der Waals surface area contributed by atoms with Gasteiger partial charge in [-0.3, -0.25) is 14.4 Å². The summed E-state index contributed by atoms with van der Waals surface area (Å²) in [6, 6.07) is 2.18. The average molecular weight is 365 g/mol. The molecule has 20 heavy (non-hydrogen) atoms. The highest BCUT2D eigenvalue weighted by molar-refractivity contribution is 9.10. The fourth-order valence-corrected chi connectivity index (χ4v) is 2.25. The van der Waals surface area contributed by atoms with Crippen molar-refractivity contribution in [3.05, 3.63) is 42.9 Å². The van der Waals surface area contributed by atoms with E-state index in [1.165, 1.54) is 0 Å². The standard InChI is InChI=1S/C11H10BrN3O4.ClH/c12-5-1-4(2-6(13)11(18)19)8-7(3-5)14-9(16)10(17)15-8;/h1,3,6H,2,13H2,(H,14,16)(H,15,17)(H,18,19);1H. The number of hydrogen-bond acceptors (Lipinski definition) is 4. The highest BCUT2D eigenvalue weighted by Gasteiger charge is 2.15. The normalized spacial score (nSPS) is 11.9. The van der Waals surface area contributed by atoms with E-state index in [-0.39, 0.29) is 18.8 Å². The smallest absolute Gasteiger partial charge is 0.320 e. The van der Waals surface area contributed by atoms with Crippen molar-refractivity contribution in [3.8, 4) is 0 Å². The molecular formula is C11H11BrClN3O4. The lowest BCUT2D eigenvalue weighted by Crippen LogP contribution is -2.33. The van der Waals surface area contributed by atoms with Crippen LogP contribution in [0.4, 0.5) is 0 Å². The Morgan fingerprint density at radius 1 is 1.30 bits per heavy atom. The van der Waals surface area contributed by atoms with Gasteiger partial charge < -0.3 is 20.8 Å². The van der Waals surface area contributed by atoms with E-state index in [2.05, 4.69) is 25.9 Å². The lowest BCUT2D eigenvalue weighted by molar-refractivity contribution is -0.138. The van der Waals surface area contributed by atoms with Crippen molar-refractivity contribution in [3.63, 3.8) is 0 Å². The number of aromatic nitrogens is 2. The third kappa shape index (κ3) is 3.27. The Bertz CT molecular complexity index is 770. The minimum Gasteiger partial charge on any atom is -0.480 e. The molecule has 5 N–H and O–H groups in total. The second-order valence-corrected chi connectivity index (χ2v) is 4.96. The van der Waals surface area contributed by atoms with E-state index in [9.17, 15) is 14.4 Å². The van der Waals surface area contributed by atoms with Crippen LogP contribution in [0.25, 0.3) is 11.0 Å². The second kappa shape index (κ2) is 6.21. The molecule has 108 valence electrons. The zero-order valence-corrected chi connectivity index (χ0v) is 12.4. The number of nitrogens with one attached hydrogen (secondary N) is 2. The van der Waals surface area contributed by atoms with Crippen LogP contribution in [-0.4, -0.2) is 27.1 Å². The Morgan fingerprint density at radius 2 is 1.90 bits per heavy atom. The Kier molecular flexibility index (Phi) is 5.09. The first-order chi connectivity index (χ1) is 8.88. The van der Waals surface area contributed by atoms with Crippen molar-refractivity contribution in [1.82, 2.24) is 9.97 Å². The van der Waals surface area contributed by atoms with Crippen LogP contribution in [0.2, 0.25) is 0 Å². The van der Waals surface area contributed by atoms with Crippen LogP contribution in [0.3, 0.4) is 0 Å². The maximum absolute atomic E-state index is 11.3. The third-order valence-electron chi connectivity index (χ3n) is 2.63. The number of fused-ring (bicyclic) bond motifs is 1. The maximum atomic E-state index is 11.3. The second-order valence-electron chi connectivity index (χ2n) is 4.04. The summed E-state index contributed by atoms with van der Waals surface area (Å²) in [5.41, 5.74) is 5.25. The van der Waals surface area contributed by atoms with Crippen molar-refractivity contribution >= 4 is 45.3 Å². The number of aromatic amines is 2. The molecule has 7 nitrogen and oxygen atoms in total. The first-order valence-corrected chi connectivity index (χ1v) is 6.11. The number of nitrogens with two attached hydrogens (primary N) is 1. The van der Waals surface area contributed by atoms with Crippen LogP contribution < -0.4 is 16.9 Å². The summed E-state index contributed by atoms with van der Waals surface area (Å²) in [6.45, 7) is 0. The molecule has 0 saturated carbocycles. The number of halogens is 2. The Balaban J connectivity index is 0.00000200. The predicted molar refractivity (Wildman–Crippen MR) is 79.5 cm³/mol. The van der Waals surface area contributed by atoms with Crippen LogP contribution >= 0.6 is 28.3 Å². The summed E-state index contributed by atoms with van der Waals surface area (Å²) in [5.74, 6) is -1.14. The van der Waals surface area contributed by atoms with Crippen molar-refractivity contribution in [2.75, 3.05) is 0 Å². The van der Waals surface area contributed by atoms with Crippen molar-refractivity contribution in [1.29, 1.82) is 0 Å². The molecular weight excluding hydrogens is 353 g/mol. The SMILES string of the molecule is Cl.NC(Cc1cc(Br)cc2[nH]c(=O)c(=O)[nH]c12)C(=O)O. The summed E-state index contributed by atoms with van der Waals surface area (Å²) in [4.78, 5) is 38.2. The van der Waals surface area contributed by atoms with Gasteiger partial charge in [0.2, 0.25) is 0 Å². The lowest BCUT2D eigenvalue weighted by Gasteiger charge is -2.10. The summed E-state index contributed by atoms with van der Waals surface area (Å²) in [6.07, 6.45) is 0.0350.